The van der Waals surface area contributed by atoms with Crippen LogP contribution in [-0.2, 0) is 6.42 Å². The maximum atomic E-state index is 2.39. The van der Waals surface area contributed by atoms with E-state index >= 15 is 0 Å². The highest BCUT2D eigenvalue weighted by Crippen LogP contribution is 2.37. The van der Waals surface area contributed by atoms with Crippen molar-refractivity contribution in [2.24, 2.45) is 0 Å². The van der Waals surface area contributed by atoms with Gasteiger partial charge in [-0.05, 0) is 58.7 Å². The first-order valence-electron chi connectivity index (χ1n) is 10.4. The fourth-order valence-corrected chi connectivity index (χ4v) is 4.63. The summed E-state index contributed by atoms with van der Waals surface area (Å²) in [5.41, 5.74) is 6.39. The van der Waals surface area contributed by atoms with E-state index in [9.17, 15) is 0 Å². The monoisotopic (exact) mass is 383 g/mol. The molecule has 0 fully saturated rings. The number of aromatic nitrogens is 1. The van der Waals surface area contributed by atoms with Crippen LogP contribution in [0, 0.1) is 0 Å². The van der Waals surface area contributed by atoms with Gasteiger partial charge in [0.1, 0.15) is 0 Å². The Kier molecular flexibility index (Phi) is 3.92. The minimum Gasteiger partial charge on any atom is -0.309 e. The molecule has 1 heteroatoms. The summed E-state index contributed by atoms with van der Waals surface area (Å²) in [6.45, 7) is 0. The Hall–Kier alpha value is -3.84. The van der Waals surface area contributed by atoms with Crippen molar-refractivity contribution in [1.29, 1.82) is 0 Å². The molecule has 1 nitrogen and oxygen atoms in total. The van der Waals surface area contributed by atoms with Crippen LogP contribution in [0.1, 0.15) is 11.1 Å². The van der Waals surface area contributed by atoms with E-state index in [1.807, 2.05) is 0 Å². The highest BCUT2D eigenvalue weighted by atomic mass is 15.0. The molecule has 6 rings (SSSR count). The van der Waals surface area contributed by atoms with Gasteiger partial charge in [-0.25, -0.2) is 0 Å². The molecule has 0 unspecified atom stereocenters. The molecule has 1 heterocycles. The maximum Gasteiger partial charge on any atom is 0.0547 e. The van der Waals surface area contributed by atoms with Crippen LogP contribution in [0.2, 0.25) is 0 Å². The van der Waals surface area contributed by atoms with Gasteiger partial charge in [0.05, 0.1) is 11.0 Å². The first kappa shape index (κ1) is 17.1. The Balaban J connectivity index is 1.68. The van der Waals surface area contributed by atoms with Gasteiger partial charge in [-0.1, -0.05) is 84.9 Å². The average molecular weight is 383 g/mol. The molecule has 0 saturated heterocycles. The molecule has 0 radical (unpaired) electrons. The lowest BCUT2D eigenvalue weighted by atomic mass is 10.00. The molecule has 0 aliphatic rings. The van der Waals surface area contributed by atoms with E-state index in [0.717, 1.165) is 6.42 Å². The summed E-state index contributed by atoms with van der Waals surface area (Å²) in [5.74, 6) is 0. The lowest BCUT2D eigenvalue weighted by Crippen LogP contribution is -1.93. The number of nitrogens with zero attached hydrogens (tertiary/aromatic N) is 1. The number of hydrogen-bond donors (Lipinski definition) is 0. The van der Waals surface area contributed by atoms with E-state index in [-0.39, 0.29) is 0 Å². The lowest BCUT2D eigenvalue weighted by Gasteiger charge is -2.08. The Morgan fingerprint density at radius 3 is 2.03 bits per heavy atom. The predicted octanol–water partition coefficient (Wildman–Crippen LogP) is 7.53. The van der Waals surface area contributed by atoms with Crippen molar-refractivity contribution in [2.45, 2.75) is 6.42 Å². The third kappa shape index (κ3) is 2.71. The second-order valence-corrected chi connectivity index (χ2v) is 7.87. The van der Waals surface area contributed by atoms with Crippen LogP contribution in [0.4, 0.5) is 0 Å². The van der Waals surface area contributed by atoms with E-state index in [4.69, 9.17) is 0 Å². The van der Waals surface area contributed by atoms with Crippen molar-refractivity contribution < 1.29 is 0 Å². The topological polar surface area (TPSA) is 4.93 Å². The van der Waals surface area contributed by atoms with Crippen molar-refractivity contribution in [1.82, 2.24) is 4.57 Å². The van der Waals surface area contributed by atoms with Gasteiger partial charge in [0, 0.05) is 16.5 Å². The predicted molar refractivity (Wildman–Crippen MR) is 128 cm³/mol. The van der Waals surface area contributed by atoms with Crippen LogP contribution in [0.5, 0.6) is 0 Å². The molecular weight excluding hydrogens is 362 g/mol. The minimum absolute atomic E-state index is 0.944. The second-order valence-electron chi connectivity index (χ2n) is 7.87. The van der Waals surface area contributed by atoms with Crippen LogP contribution in [0.3, 0.4) is 0 Å². The summed E-state index contributed by atoms with van der Waals surface area (Å²) in [6.07, 6.45) is 0.944. The molecule has 0 N–H and O–H groups in total. The highest BCUT2D eigenvalue weighted by Gasteiger charge is 2.15. The molecule has 0 spiro atoms. The molecule has 6 aromatic rings. The third-order valence-corrected chi connectivity index (χ3v) is 5.98. The molecule has 0 aliphatic heterocycles. The number of benzene rings is 5. The van der Waals surface area contributed by atoms with Crippen LogP contribution < -0.4 is 0 Å². The summed E-state index contributed by atoms with van der Waals surface area (Å²) in [6, 6.07) is 41.5. The van der Waals surface area contributed by atoms with Crippen LogP contribution >= 0.6 is 0 Å². The molecular formula is C29H21N. The fraction of sp³-hybridized carbons (Fsp3) is 0.0345. The van der Waals surface area contributed by atoms with E-state index in [0.29, 0.717) is 0 Å². The molecule has 0 saturated carbocycles. The van der Waals surface area contributed by atoms with E-state index < -0.39 is 0 Å². The van der Waals surface area contributed by atoms with Crippen molar-refractivity contribution in [2.75, 3.05) is 0 Å². The molecule has 1 aromatic heterocycles. The molecule has 30 heavy (non-hydrogen) atoms. The smallest absolute Gasteiger partial charge is 0.0547 e. The molecule has 142 valence electrons. The average Bonchev–Trinajstić information content (AvgIpc) is 3.14. The summed E-state index contributed by atoms with van der Waals surface area (Å²) in [5, 5.41) is 5.25. The van der Waals surface area contributed by atoms with E-state index in [2.05, 4.69) is 120 Å². The molecule has 0 aliphatic carbocycles. The first-order chi connectivity index (χ1) is 14.9. The zero-order chi connectivity index (χ0) is 19.9. The van der Waals surface area contributed by atoms with Crippen LogP contribution in [-0.4, -0.2) is 4.57 Å². The molecule has 0 atom stereocenters. The van der Waals surface area contributed by atoms with Gasteiger partial charge in [0.2, 0.25) is 0 Å². The Morgan fingerprint density at radius 1 is 0.500 bits per heavy atom. The second kappa shape index (κ2) is 6.89. The van der Waals surface area contributed by atoms with Gasteiger partial charge in [0.25, 0.3) is 0 Å². The molecule has 0 amide bonds. The van der Waals surface area contributed by atoms with E-state index in [1.165, 1.54) is 49.4 Å². The summed E-state index contributed by atoms with van der Waals surface area (Å²) in [7, 11) is 0. The summed E-state index contributed by atoms with van der Waals surface area (Å²) < 4.78 is 2.39. The standard InChI is InChI=1S/C29H21N/c1-3-9-21(10-4-1)19-22-15-17-27-26(20-22)29-25-14-8-7-11-23(25)16-18-28(29)30(27)24-12-5-2-6-13-24/h1-18,20H,19H2. The van der Waals surface area contributed by atoms with Crippen molar-refractivity contribution in [3.63, 3.8) is 0 Å². The quantitative estimate of drug-likeness (QED) is 0.298. The Morgan fingerprint density at radius 2 is 1.20 bits per heavy atom. The highest BCUT2D eigenvalue weighted by molar-refractivity contribution is 6.21. The third-order valence-electron chi connectivity index (χ3n) is 5.98. The van der Waals surface area contributed by atoms with Gasteiger partial charge >= 0.3 is 0 Å². The van der Waals surface area contributed by atoms with Crippen LogP contribution in [0.25, 0.3) is 38.3 Å². The van der Waals surface area contributed by atoms with Crippen molar-refractivity contribution >= 4 is 32.6 Å². The van der Waals surface area contributed by atoms with Gasteiger partial charge in [-0.15, -0.1) is 0 Å². The number of hydrogen-bond acceptors (Lipinski definition) is 0. The summed E-state index contributed by atoms with van der Waals surface area (Å²) >= 11 is 0. The lowest BCUT2D eigenvalue weighted by molar-refractivity contribution is 1.17. The molecule has 5 aromatic carbocycles. The largest absolute Gasteiger partial charge is 0.309 e. The maximum absolute atomic E-state index is 2.39. The first-order valence-corrected chi connectivity index (χ1v) is 10.4. The number of rotatable bonds is 3. The zero-order valence-corrected chi connectivity index (χ0v) is 16.6. The molecule has 0 bridgehead atoms. The van der Waals surface area contributed by atoms with Crippen molar-refractivity contribution in [3.05, 3.63) is 126 Å². The van der Waals surface area contributed by atoms with Gasteiger partial charge in [-0.2, -0.15) is 0 Å². The zero-order valence-electron chi connectivity index (χ0n) is 16.6. The number of para-hydroxylation sites is 1. The van der Waals surface area contributed by atoms with Gasteiger partial charge in [0.15, 0.2) is 0 Å². The van der Waals surface area contributed by atoms with Gasteiger partial charge in [-0.3, -0.25) is 0 Å². The van der Waals surface area contributed by atoms with Crippen LogP contribution in [0.15, 0.2) is 115 Å². The van der Waals surface area contributed by atoms with Gasteiger partial charge < -0.3 is 4.57 Å². The fourth-order valence-electron chi connectivity index (χ4n) is 4.63. The van der Waals surface area contributed by atoms with E-state index in [1.54, 1.807) is 0 Å². The normalized spacial score (nSPS) is 11.5. The van der Waals surface area contributed by atoms with Crippen molar-refractivity contribution in [3.8, 4) is 5.69 Å². The number of fused-ring (bicyclic) bond motifs is 5. The summed E-state index contributed by atoms with van der Waals surface area (Å²) in [4.78, 5) is 0. The Bertz CT molecular complexity index is 1490. The Labute approximate surface area is 175 Å². The SMILES string of the molecule is c1ccc(Cc2ccc3c(c2)c2c4ccccc4ccc2n3-c2ccccc2)cc1. The minimum atomic E-state index is 0.944.